The summed E-state index contributed by atoms with van der Waals surface area (Å²) < 4.78 is 24.4. The molecule has 0 fully saturated rings. The highest BCUT2D eigenvalue weighted by atomic mass is 79.9. The predicted molar refractivity (Wildman–Crippen MR) is 63.4 cm³/mol. The summed E-state index contributed by atoms with van der Waals surface area (Å²) in [5.41, 5.74) is 1.68. The van der Waals surface area contributed by atoms with Crippen LogP contribution in [-0.4, -0.2) is 20.0 Å². The van der Waals surface area contributed by atoms with Crippen molar-refractivity contribution < 1.29 is 8.78 Å². The van der Waals surface area contributed by atoms with E-state index in [1.807, 2.05) is 0 Å². The number of hydrogen-bond donors (Lipinski definition) is 0. The van der Waals surface area contributed by atoms with Crippen molar-refractivity contribution in [2.24, 2.45) is 0 Å². The molecule has 0 heterocycles. The molecule has 1 aromatic rings. The first-order valence-electron chi connectivity index (χ1n) is 4.38. The van der Waals surface area contributed by atoms with Crippen LogP contribution in [0.5, 0.6) is 0 Å². The Hall–Kier alpha value is -0.350. The van der Waals surface area contributed by atoms with Gasteiger partial charge in [-0.05, 0) is 23.8 Å². The van der Waals surface area contributed by atoms with Gasteiger partial charge in [-0.3, -0.25) is 0 Å². The normalized spacial score (nSPS) is 10.8. The van der Waals surface area contributed by atoms with Crippen LogP contribution in [0.2, 0.25) is 5.02 Å². The zero-order valence-corrected chi connectivity index (χ0v) is 10.5. The summed E-state index contributed by atoms with van der Waals surface area (Å²) in [7, 11) is 1.64. The van der Waals surface area contributed by atoms with Crippen LogP contribution in [0.3, 0.4) is 0 Å². The Kier molecular flexibility index (Phi) is 4.80. The summed E-state index contributed by atoms with van der Waals surface area (Å²) in [6, 6.07) is 5.22. The summed E-state index contributed by atoms with van der Waals surface area (Å²) in [6.45, 7) is -0.276. The second-order valence-corrected chi connectivity index (χ2v) is 4.18. The lowest BCUT2D eigenvalue weighted by Gasteiger charge is -2.21. The molecule has 0 aliphatic heterocycles. The van der Waals surface area contributed by atoms with Crippen LogP contribution in [0.15, 0.2) is 18.2 Å². The third-order valence-corrected chi connectivity index (χ3v) is 2.85. The zero-order chi connectivity index (χ0) is 11.4. The van der Waals surface area contributed by atoms with Crippen molar-refractivity contribution in [1.82, 2.24) is 0 Å². The molecule has 84 valence electrons. The predicted octanol–water partition coefficient (Wildman–Crippen LogP) is 3.94. The number of anilines is 1. The Morgan fingerprint density at radius 2 is 2.13 bits per heavy atom. The van der Waals surface area contributed by atoms with E-state index in [-0.39, 0.29) is 6.54 Å². The van der Waals surface area contributed by atoms with Crippen molar-refractivity contribution in [3.05, 3.63) is 28.8 Å². The topological polar surface area (TPSA) is 3.24 Å². The minimum Gasteiger partial charge on any atom is -0.369 e. The molecule has 0 amide bonds. The van der Waals surface area contributed by atoms with Gasteiger partial charge in [0.25, 0.3) is 6.43 Å². The standard InChI is InChI=1S/C10H11BrClF2N/c1-15(6-10(13)14)9-3-2-8(12)4-7(9)5-11/h2-4,10H,5-6H2,1H3. The molecule has 1 rings (SSSR count). The second-order valence-electron chi connectivity index (χ2n) is 3.18. The van der Waals surface area contributed by atoms with Crippen molar-refractivity contribution in [3.8, 4) is 0 Å². The lowest BCUT2D eigenvalue weighted by Crippen LogP contribution is -2.24. The summed E-state index contributed by atoms with van der Waals surface area (Å²) in [5, 5.41) is 1.20. The molecule has 15 heavy (non-hydrogen) atoms. The molecule has 0 unspecified atom stereocenters. The van der Waals surface area contributed by atoms with E-state index in [1.54, 1.807) is 25.2 Å². The van der Waals surface area contributed by atoms with E-state index < -0.39 is 6.43 Å². The minimum absolute atomic E-state index is 0.276. The first-order valence-corrected chi connectivity index (χ1v) is 5.88. The largest absolute Gasteiger partial charge is 0.369 e. The average molecular weight is 299 g/mol. The van der Waals surface area contributed by atoms with Gasteiger partial charge in [0, 0.05) is 23.1 Å². The Labute approximate surface area is 101 Å². The van der Waals surface area contributed by atoms with E-state index in [1.165, 1.54) is 4.90 Å². The van der Waals surface area contributed by atoms with Crippen LogP contribution in [0.4, 0.5) is 14.5 Å². The van der Waals surface area contributed by atoms with E-state index in [9.17, 15) is 8.78 Å². The molecule has 0 saturated carbocycles. The van der Waals surface area contributed by atoms with Crippen LogP contribution in [0, 0.1) is 0 Å². The molecule has 0 N–H and O–H groups in total. The van der Waals surface area contributed by atoms with Crippen molar-refractivity contribution in [1.29, 1.82) is 0 Å². The molecule has 0 atom stereocenters. The third-order valence-electron chi connectivity index (χ3n) is 2.01. The molecule has 0 saturated heterocycles. The van der Waals surface area contributed by atoms with E-state index in [0.717, 1.165) is 11.3 Å². The number of nitrogens with zero attached hydrogens (tertiary/aromatic N) is 1. The Morgan fingerprint density at radius 1 is 1.47 bits per heavy atom. The van der Waals surface area contributed by atoms with Crippen LogP contribution in [-0.2, 0) is 5.33 Å². The number of hydrogen-bond acceptors (Lipinski definition) is 1. The zero-order valence-electron chi connectivity index (χ0n) is 8.18. The van der Waals surface area contributed by atoms with Gasteiger partial charge in [-0.25, -0.2) is 8.78 Å². The number of alkyl halides is 3. The van der Waals surface area contributed by atoms with Crippen LogP contribution in [0.1, 0.15) is 5.56 Å². The molecule has 5 heteroatoms. The van der Waals surface area contributed by atoms with Crippen molar-refractivity contribution >= 4 is 33.2 Å². The first-order chi connectivity index (χ1) is 7.04. The maximum absolute atomic E-state index is 12.2. The van der Waals surface area contributed by atoms with Crippen LogP contribution in [0.25, 0.3) is 0 Å². The van der Waals surface area contributed by atoms with Crippen LogP contribution < -0.4 is 4.90 Å². The van der Waals surface area contributed by atoms with E-state index >= 15 is 0 Å². The number of rotatable bonds is 4. The summed E-state index contributed by atoms with van der Waals surface area (Å²) in [6.07, 6.45) is -2.34. The Bertz CT molecular complexity index is 333. The van der Waals surface area contributed by atoms with Gasteiger partial charge in [0.05, 0.1) is 6.54 Å². The molecule has 0 spiro atoms. The quantitative estimate of drug-likeness (QED) is 0.761. The van der Waals surface area contributed by atoms with Crippen molar-refractivity contribution in [3.63, 3.8) is 0 Å². The van der Waals surface area contributed by atoms with Gasteiger partial charge >= 0.3 is 0 Å². The van der Waals surface area contributed by atoms with Gasteiger partial charge in [-0.2, -0.15) is 0 Å². The molecular formula is C10H11BrClF2N. The summed E-state index contributed by atoms with van der Waals surface area (Å²) in [4.78, 5) is 1.53. The average Bonchev–Trinajstić information content (AvgIpc) is 2.16. The van der Waals surface area contributed by atoms with E-state index in [4.69, 9.17) is 11.6 Å². The van der Waals surface area contributed by atoms with Gasteiger partial charge in [0.2, 0.25) is 0 Å². The summed E-state index contributed by atoms with van der Waals surface area (Å²) in [5.74, 6) is 0. The first kappa shape index (κ1) is 12.7. The molecule has 0 bridgehead atoms. The highest BCUT2D eigenvalue weighted by Gasteiger charge is 2.11. The number of halogens is 4. The molecule has 0 aliphatic carbocycles. The molecule has 0 aromatic heterocycles. The summed E-state index contributed by atoms with van der Waals surface area (Å²) >= 11 is 9.12. The molecule has 1 nitrogen and oxygen atoms in total. The maximum Gasteiger partial charge on any atom is 0.255 e. The lowest BCUT2D eigenvalue weighted by atomic mass is 10.2. The molecular weight excluding hydrogens is 287 g/mol. The third kappa shape index (κ3) is 3.61. The fourth-order valence-electron chi connectivity index (χ4n) is 1.34. The number of benzene rings is 1. The maximum atomic E-state index is 12.2. The van der Waals surface area contributed by atoms with Gasteiger partial charge < -0.3 is 4.90 Å². The lowest BCUT2D eigenvalue weighted by molar-refractivity contribution is 0.156. The molecule has 1 aromatic carbocycles. The monoisotopic (exact) mass is 297 g/mol. The van der Waals surface area contributed by atoms with E-state index in [2.05, 4.69) is 15.9 Å². The minimum atomic E-state index is -2.34. The smallest absolute Gasteiger partial charge is 0.255 e. The molecule has 0 radical (unpaired) electrons. The van der Waals surface area contributed by atoms with Crippen molar-refractivity contribution in [2.45, 2.75) is 11.8 Å². The Morgan fingerprint density at radius 3 is 2.67 bits per heavy atom. The fraction of sp³-hybridized carbons (Fsp3) is 0.400. The van der Waals surface area contributed by atoms with Gasteiger partial charge in [-0.15, -0.1) is 0 Å². The fourth-order valence-corrected chi connectivity index (χ4v) is 1.98. The highest BCUT2D eigenvalue weighted by Crippen LogP contribution is 2.25. The van der Waals surface area contributed by atoms with Gasteiger partial charge in [0.15, 0.2) is 0 Å². The molecule has 0 aliphatic rings. The van der Waals surface area contributed by atoms with Crippen LogP contribution >= 0.6 is 27.5 Å². The SMILES string of the molecule is CN(CC(F)F)c1ccc(Cl)cc1CBr. The van der Waals surface area contributed by atoms with Gasteiger partial charge in [0.1, 0.15) is 0 Å². The Balaban J connectivity index is 2.92. The van der Waals surface area contributed by atoms with E-state index in [0.29, 0.717) is 10.4 Å². The van der Waals surface area contributed by atoms with Gasteiger partial charge in [-0.1, -0.05) is 27.5 Å². The second kappa shape index (κ2) is 5.66. The highest BCUT2D eigenvalue weighted by molar-refractivity contribution is 9.08. The van der Waals surface area contributed by atoms with Crippen molar-refractivity contribution in [2.75, 3.05) is 18.5 Å².